The molecular weight excluding hydrogens is 282 g/mol. The van der Waals surface area contributed by atoms with Crippen molar-refractivity contribution < 1.29 is 0 Å². The third kappa shape index (κ3) is 2.38. The lowest BCUT2D eigenvalue weighted by atomic mass is 10.1. The number of hydrogen-bond acceptors (Lipinski definition) is 2. The van der Waals surface area contributed by atoms with Gasteiger partial charge in [0.25, 0.3) is 0 Å². The Labute approximate surface area is 129 Å². The van der Waals surface area contributed by atoms with Crippen molar-refractivity contribution in [2.75, 3.05) is 5.73 Å². The minimum atomic E-state index is 0.732. The number of nitrogens with zero attached hydrogens (tertiary/aromatic N) is 2. The van der Waals surface area contributed by atoms with Crippen LogP contribution < -0.4 is 5.73 Å². The number of imidazole rings is 1. The zero-order valence-electron chi connectivity index (χ0n) is 12.2. The van der Waals surface area contributed by atoms with E-state index in [-0.39, 0.29) is 0 Å². The van der Waals surface area contributed by atoms with E-state index in [0.29, 0.717) is 0 Å². The molecule has 3 rings (SSSR count). The first-order valence-electron chi connectivity index (χ1n) is 7.13. The predicted octanol–water partition coefficient (Wildman–Crippen LogP) is 4.66. The van der Waals surface area contributed by atoms with E-state index in [1.165, 1.54) is 0 Å². The molecule has 0 aliphatic rings. The molecule has 1 aromatic heterocycles. The summed E-state index contributed by atoms with van der Waals surface area (Å²) in [7, 11) is 0. The van der Waals surface area contributed by atoms with Gasteiger partial charge in [0, 0.05) is 22.8 Å². The van der Waals surface area contributed by atoms with Crippen molar-refractivity contribution in [1.82, 2.24) is 9.55 Å². The van der Waals surface area contributed by atoms with Crippen LogP contribution in [0.1, 0.15) is 18.9 Å². The van der Waals surface area contributed by atoms with Gasteiger partial charge in [0.1, 0.15) is 5.82 Å². The highest BCUT2D eigenvalue weighted by Gasteiger charge is 2.15. The Morgan fingerprint density at radius 2 is 2.05 bits per heavy atom. The molecule has 0 aliphatic heterocycles. The highest BCUT2D eigenvalue weighted by Crippen LogP contribution is 2.31. The molecule has 0 radical (unpaired) electrons. The van der Waals surface area contributed by atoms with Gasteiger partial charge in [0.2, 0.25) is 0 Å². The smallest absolute Gasteiger partial charge is 0.141 e. The number of anilines is 1. The minimum Gasteiger partial charge on any atom is -0.398 e. The molecule has 108 valence electrons. The maximum atomic E-state index is 6.14. The highest BCUT2D eigenvalue weighted by molar-refractivity contribution is 6.31. The van der Waals surface area contributed by atoms with Gasteiger partial charge in [-0.15, -0.1) is 0 Å². The third-order valence-corrected chi connectivity index (χ3v) is 4.01. The summed E-state index contributed by atoms with van der Waals surface area (Å²) in [6, 6.07) is 11.8. The fourth-order valence-electron chi connectivity index (χ4n) is 2.65. The van der Waals surface area contributed by atoms with Gasteiger partial charge in [-0.2, -0.15) is 0 Å². The molecule has 0 spiro atoms. The van der Waals surface area contributed by atoms with Crippen LogP contribution in [0.3, 0.4) is 0 Å². The van der Waals surface area contributed by atoms with Gasteiger partial charge in [-0.25, -0.2) is 4.98 Å². The molecule has 0 bridgehead atoms. The second kappa shape index (κ2) is 5.41. The van der Waals surface area contributed by atoms with Gasteiger partial charge in [-0.05, 0) is 43.2 Å². The van der Waals surface area contributed by atoms with E-state index in [0.717, 1.165) is 51.7 Å². The van der Waals surface area contributed by atoms with Gasteiger partial charge in [0.15, 0.2) is 0 Å². The summed E-state index contributed by atoms with van der Waals surface area (Å²) < 4.78 is 2.23. The highest BCUT2D eigenvalue weighted by atomic mass is 35.5. The fourth-order valence-corrected chi connectivity index (χ4v) is 2.81. The molecule has 0 amide bonds. The van der Waals surface area contributed by atoms with Gasteiger partial charge < -0.3 is 10.3 Å². The summed E-state index contributed by atoms with van der Waals surface area (Å²) in [5, 5.41) is 0.732. The lowest BCUT2D eigenvalue weighted by molar-refractivity contribution is 0.704. The largest absolute Gasteiger partial charge is 0.398 e. The molecule has 3 nitrogen and oxygen atoms in total. The minimum absolute atomic E-state index is 0.732. The Morgan fingerprint density at radius 1 is 1.24 bits per heavy atom. The Morgan fingerprint density at radius 3 is 2.81 bits per heavy atom. The van der Waals surface area contributed by atoms with Gasteiger partial charge in [-0.1, -0.05) is 30.7 Å². The number of fused-ring (bicyclic) bond motifs is 1. The molecule has 0 atom stereocenters. The number of nitrogens with two attached hydrogens (primary N) is 1. The Kier molecular flexibility index (Phi) is 3.60. The van der Waals surface area contributed by atoms with E-state index >= 15 is 0 Å². The maximum Gasteiger partial charge on any atom is 0.141 e. The van der Waals surface area contributed by atoms with Crippen LogP contribution in [0.4, 0.5) is 5.69 Å². The van der Waals surface area contributed by atoms with E-state index in [9.17, 15) is 0 Å². The van der Waals surface area contributed by atoms with Crippen molar-refractivity contribution in [1.29, 1.82) is 0 Å². The monoisotopic (exact) mass is 299 g/mol. The Bertz CT molecular complexity index is 805. The lowest BCUT2D eigenvalue weighted by Gasteiger charge is -2.11. The number of hydrogen-bond donors (Lipinski definition) is 1. The summed E-state index contributed by atoms with van der Waals surface area (Å²) in [4.78, 5) is 4.79. The first kappa shape index (κ1) is 14.0. The Balaban J connectivity index is 2.31. The van der Waals surface area contributed by atoms with Crippen molar-refractivity contribution >= 4 is 28.3 Å². The fraction of sp³-hybridized carbons (Fsp3) is 0.235. The van der Waals surface area contributed by atoms with Crippen molar-refractivity contribution in [3.8, 4) is 11.4 Å². The number of rotatable bonds is 3. The first-order valence-corrected chi connectivity index (χ1v) is 7.51. The molecule has 2 aromatic carbocycles. The van der Waals surface area contributed by atoms with Crippen LogP contribution in [0, 0.1) is 6.92 Å². The first-order chi connectivity index (χ1) is 10.1. The zero-order valence-corrected chi connectivity index (χ0v) is 13.0. The van der Waals surface area contributed by atoms with E-state index in [4.69, 9.17) is 22.3 Å². The molecule has 1 heterocycles. The molecule has 0 saturated heterocycles. The quantitative estimate of drug-likeness (QED) is 0.715. The van der Waals surface area contributed by atoms with Crippen LogP contribution in [-0.4, -0.2) is 9.55 Å². The second-order valence-electron chi connectivity index (χ2n) is 5.24. The van der Waals surface area contributed by atoms with Crippen molar-refractivity contribution in [3.05, 3.63) is 47.0 Å². The summed E-state index contributed by atoms with van der Waals surface area (Å²) in [5.41, 5.74) is 11.0. The molecular formula is C17H18ClN3. The van der Waals surface area contributed by atoms with Crippen LogP contribution in [0.25, 0.3) is 22.4 Å². The van der Waals surface area contributed by atoms with E-state index in [2.05, 4.69) is 17.6 Å². The summed E-state index contributed by atoms with van der Waals surface area (Å²) in [6.45, 7) is 5.10. The molecule has 0 fully saturated rings. The van der Waals surface area contributed by atoms with Gasteiger partial charge in [-0.3, -0.25) is 0 Å². The van der Waals surface area contributed by atoms with Crippen molar-refractivity contribution in [2.24, 2.45) is 0 Å². The molecule has 0 saturated carbocycles. The maximum absolute atomic E-state index is 6.14. The number of aromatic nitrogens is 2. The normalized spacial score (nSPS) is 11.2. The second-order valence-corrected chi connectivity index (χ2v) is 5.68. The topological polar surface area (TPSA) is 43.8 Å². The summed E-state index contributed by atoms with van der Waals surface area (Å²) >= 11 is 6.14. The van der Waals surface area contributed by atoms with E-state index in [1.54, 1.807) is 0 Å². The van der Waals surface area contributed by atoms with E-state index < -0.39 is 0 Å². The van der Waals surface area contributed by atoms with Crippen LogP contribution in [0.5, 0.6) is 0 Å². The molecule has 21 heavy (non-hydrogen) atoms. The standard InChI is InChI=1S/C17H18ClN3/c1-3-9-21-16-10-12(18)7-8-15(16)20-17(21)13-5-4-6-14(19)11(13)2/h4-8,10H,3,9,19H2,1-2H3. The molecule has 4 heteroatoms. The van der Waals surface area contributed by atoms with Crippen LogP contribution >= 0.6 is 11.6 Å². The van der Waals surface area contributed by atoms with E-state index in [1.807, 2.05) is 37.3 Å². The average molecular weight is 300 g/mol. The predicted molar refractivity (Wildman–Crippen MR) is 89.6 cm³/mol. The van der Waals surface area contributed by atoms with Crippen molar-refractivity contribution in [3.63, 3.8) is 0 Å². The molecule has 0 unspecified atom stereocenters. The molecule has 0 aliphatic carbocycles. The SMILES string of the molecule is CCCn1c(-c2cccc(N)c2C)nc2ccc(Cl)cc21. The average Bonchev–Trinajstić information content (AvgIpc) is 2.81. The summed E-state index contributed by atoms with van der Waals surface area (Å²) in [5.74, 6) is 0.957. The number of benzene rings is 2. The Hall–Kier alpha value is -2.00. The zero-order chi connectivity index (χ0) is 15.0. The van der Waals surface area contributed by atoms with Gasteiger partial charge in [0.05, 0.1) is 11.0 Å². The lowest BCUT2D eigenvalue weighted by Crippen LogP contribution is -2.02. The summed E-state index contributed by atoms with van der Waals surface area (Å²) in [6.07, 6.45) is 1.03. The third-order valence-electron chi connectivity index (χ3n) is 3.77. The van der Waals surface area contributed by atoms with Crippen molar-refractivity contribution in [2.45, 2.75) is 26.8 Å². The van der Waals surface area contributed by atoms with Crippen LogP contribution in [0.15, 0.2) is 36.4 Å². The number of halogens is 1. The number of aryl methyl sites for hydroxylation is 1. The molecule has 2 N–H and O–H groups in total. The van der Waals surface area contributed by atoms with Gasteiger partial charge >= 0.3 is 0 Å². The van der Waals surface area contributed by atoms with Crippen LogP contribution in [-0.2, 0) is 6.54 Å². The van der Waals surface area contributed by atoms with Crippen LogP contribution in [0.2, 0.25) is 5.02 Å². The number of nitrogen functional groups attached to an aromatic ring is 1. The molecule has 3 aromatic rings.